The zero-order chi connectivity index (χ0) is 29.7. The lowest BCUT2D eigenvalue weighted by molar-refractivity contribution is -0.294. The summed E-state index contributed by atoms with van der Waals surface area (Å²) in [6.07, 6.45) is -8.68. The maximum absolute atomic E-state index is 11.1. The molecule has 0 aromatic heterocycles. The average Bonchev–Trinajstić information content (AvgIpc) is 2.91. The van der Waals surface area contributed by atoms with Crippen LogP contribution >= 0.6 is 21.6 Å². The van der Waals surface area contributed by atoms with E-state index in [0.717, 1.165) is 50.0 Å². The van der Waals surface area contributed by atoms with Gasteiger partial charge in [-0.2, -0.15) is 0 Å². The van der Waals surface area contributed by atoms with Gasteiger partial charge in [0.15, 0.2) is 24.8 Å². The predicted molar refractivity (Wildman–Crippen MR) is 142 cm³/mol. The van der Waals surface area contributed by atoms with Gasteiger partial charge < -0.3 is 59.8 Å². The third-order valence-corrected chi connectivity index (χ3v) is 9.09. The Morgan fingerprint density at radius 2 is 0.875 bits per heavy atom. The summed E-state index contributed by atoms with van der Waals surface area (Å²) in [4.78, 5) is 22.2. The molecule has 0 saturated carbocycles. The maximum atomic E-state index is 11.1. The van der Waals surface area contributed by atoms with Crippen LogP contribution in [0.2, 0.25) is 0 Å². The van der Waals surface area contributed by atoms with Crippen molar-refractivity contribution in [2.75, 3.05) is 24.7 Å². The minimum Gasteiger partial charge on any atom is -0.479 e. The number of aliphatic hydroxyl groups is 6. The van der Waals surface area contributed by atoms with Crippen LogP contribution < -0.4 is 0 Å². The molecule has 0 aromatic rings. The van der Waals surface area contributed by atoms with Crippen molar-refractivity contribution in [2.45, 2.75) is 113 Å². The molecular formula is C24H42O14S2. The summed E-state index contributed by atoms with van der Waals surface area (Å²) < 4.78 is 20.9. The molecule has 0 aliphatic carbocycles. The van der Waals surface area contributed by atoms with Gasteiger partial charge in [-0.05, 0) is 25.7 Å². The average molecular weight is 619 g/mol. The first kappa shape index (κ1) is 35.4. The summed E-state index contributed by atoms with van der Waals surface area (Å²) in [7, 11) is 3.60. The lowest BCUT2D eigenvalue weighted by atomic mass is 9.99. The van der Waals surface area contributed by atoms with Crippen molar-refractivity contribution in [1.29, 1.82) is 0 Å². The van der Waals surface area contributed by atoms with Gasteiger partial charge in [0, 0.05) is 24.7 Å². The molecule has 0 radical (unpaired) electrons. The Balaban J connectivity index is 1.39. The van der Waals surface area contributed by atoms with E-state index in [4.69, 9.17) is 29.2 Å². The van der Waals surface area contributed by atoms with Gasteiger partial charge in [0.05, 0.1) is 0 Å². The highest BCUT2D eigenvalue weighted by molar-refractivity contribution is 8.76. The quantitative estimate of drug-likeness (QED) is 0.0661. The lowest BCUT2D eigenvalue weighted by Gasteiger charge is -2.38. The van der Waals surface area contributed by atoms with Crippen molar-refractivity contribution >= 4 is 33.5 Å². The van der Waals surface area contributed by atoms with E-state index in [1.165, 1.54) is 0 Å². The molecule has 8 N–H and O–H groups in total. The molecule has 2 aliphatic rings. The molecule has 0 spiro atoms. The fourth-order valence-electron chi connectivity index (χ4n) is 4.13. The third kappa shape index (κ3) is 11.1. The molecule has 16 heteroatoms. The standard InChI is InChI=1S/C24H42O14S2/c25-13-15(27)19(21(31)32)37-23(17(13)29)35-9-5-1-3-7-11-39-40-12-8-4-2-6-10-36-24-18(30)14(26)16(28)20(38-24)22(33)34/h13-20,23-30H,1-12H2,(H,31,32)(H,33,34)/t13-,14-,15+,16+,17+,18+,19-,20-,23-,24-/m0/s1. The van der Waals surface area contributed by atoms with Crippen LogP contribution in [0, 0.1) is 0 Å². The maximum Gasteiger partial charge on any atom is 0.335 e. The van der Waals surface area contributed by atoms with Crippen LogP contribution in [-0.4, -0.2) is 139 Å². The third-order valence-electron chi connectivity index (χ3n) is 6.52. The number of carbonyl (C=O) groups is 2. The topological polar surface area (TPSA) is 233 Å². The van der Waals surface area contributed by atoms with Crippen molar-refractivity contribution in [3.05, 3.63) is 0 Å². The number of carboxylic acid groups (broad SMARTS) is 2. The van der Waals surface area contributed by atoms with Crippen LogP contribution in [-0.2, 0) is 28.5 Å². The zero-order valence-electron chi connectivity index (χ0n) is 22.1. The molecule has 2 heterocycles. The van der Waals surface area contributed by atoms with Crippen LogP contribution in [0.4, 0.5) is 0 Å². The van der Waals surface area contributed by atoms with Crippen molar-refractivity contribution in [3.63, 3.8) is 0 Å². The monoisotopic (exact) mass is 618 g/mol. The van der Waals surface area contributed by atoms with Gasteiger partial charge in [0.2, 0.25) is 0 Å². The fraction of sp³-hybridized carbons (Fsp3) is 0.917. The van der Waals surface area contributed by atoms with E-state index >= 15 is 0 Å². The molecule has 14 nitrogen and oxygen atoms in total. The number of aliphatic hydroxyl groups excluding tert-OH is 6. The van der Waals surface area contributed by atoms with Gasteiger partial charge in [0.1, 0.15) is 36.6 Å². The summed E-state index contributed by atoms with van der Waals surface area (Å²) in [6.45, 7) is 0.456. The molecule has 0 bridgehead atoms. The number of rotatable bonds is 19. The number of hydrogen-bond donors (Lipinski definition) is 8. The highest BCUT2D eigenvalue weighted by Crippen LogP contribution is 2.26. The first-order valence-electron chi connectivity index (χ1n) is 13.4. The number of hydrogen-bond acceptors (Lipinski definition) is 14. The highest BCUT2D eigenvalue weighted by atomic mass is 33.1. The Morgan fingerprint density at radius 1 is 0.525 bits per heavy atom. The van der Waals surface area contributed by atoms with Crippen molar-refractivity contribution in [1.82, 2.24) is 0 Å². The molecule has 0 aromatic carbocycles. The van der Waals surface area contributed by atoms with E-state index in [2.05, 4.69) is 0 Å². The van der Waals surface area contributed by atoms with E-state index in [9.17, 15) is 40.2 Å². The molecule has 2 rings (SSSR count). The molecular weight excluding hydrogens is 576 g/mol. The van der Waals surface area contributed by atoms with E-state index in [0.29, 0.717) is 12.8 Å². The molecule has 2 fully saturated rings. The minimum absolute atomic E-state index is 0.228. The van der Waals surface area contributed by atoms with E-state index in [1.54, 1.807) is 21.6 Å². The van der Waals surface area contributed by atoms with Gasteiger partial charge in [-0.15, -0.1) is 0 Å². The summed E-state index contributed by atoms with van der Waals surface area (Å²) in [5, 5.41) is 76.8. The smallest absolute Gasteiger partial charge is 0.335 e. The van der Waals surface area contributed by atoms with Crippen molar-refractivity contribution in [3.8, 4) is 0 Å². The first-order valence-corrected chi connectivity index (χ1v) is 15.9. The highest BCUT2D eigenvalue weighted by Gasteiger charge is 2.48. The Kier molecular flexibility index (Phi) is 16.6. The Labute approximate surface area is 240 Å². The molecule has 2 aliphatic heterocycles. The lowest BCUT2D eigenvalue weighted by Crippen LogP contribution is -2.60. The number of unbranched alkanes of at least 4 members (excludes halogenated alkanes) is 6. The van der Waals surface area contributed by atoms with E-state index < -0.39 is 73.4 Å². The predicted octanol–water partition coefficient (Wildman–Crippen LogP) is -0.694. The Morgan fingerprint density at radius 3 is 1.23 bits per heavy atom. The first-order chi connectivity index (χ1) is 19.1. The molecule has 2 saturated heterocycles. The zero-order valence-corrected chi connectivity index (χ0v) is 23.7. The van der Waals surface area contributed by atoms with Crippen LogP contribution in [0.5, 0.6) is 0 Å². The van der Waals surface area contributed by atoms with Crippen LogP contribution in [0.25, 0.3) is 0 Å². The number of carboxylic acids is 2. The second-order valence-corrected chi connectivity index (χ2v) is 12.4. The van der Waals surface area contributed by atoms with Crippen molar-refractivity contribution in [2.24, 2.45) is 0 Å². The summed E-state index contributed by atoms with van der Waals surface area (Å²) in [5.41, 5.74) is 0. The summed E-state index contributed by atoms with van der Waals surface area (Å²) in [5.74, 6) is -0.892. The normalized spacial score (nSPS) is 34.5. The van der Waals surface area contributed by atoms with E-state index in [1.807, 2.05) is 0 Å². The minimum atomic E-state index is -1.73. The molecule has 10 atom stereocenters. The fourth-order valence-corrected chi connectivity index (χ4v) is 6.42. The van der Waals surface area contributed by atoms with Gasteiger partial charge in [-0.1, -0.05) is 47.3 Å². The van der Waals surface area contributed by atoms with Gasteiger partial charge in [0.25, 0.3) is 0 Å². The molecule has 40 heavy (non-hydrogen) atoms. The van der Waals surface area contributed by atoms with Crippen LogP contribution in [0.3, 0.4) is 0 Å². The largest absolute Gasteiger partial charge is 0.479 e. The number of ether oxygens (including phenoxy) is 4. The molecule has 0 unspecified atom stereocenters. The SMILES string of the molecule is O=C(O)[C@H]1O[C@H](OCCCCCCSSCCCCCCO[C@H]2O[C@H](C(=O)O)[C@H](O)[C@H](O)[C@H]2O)[C@H](O)[C@@H](O)[C@H]1O. The summed E-state index contributed by atoms with van der Waals surface area (Å²) >= 11 is 0. The van der Waals surface area contributed by atoms with Gasteiger partial charge in [-0.25, -0.2) is 9.59 Å². The Hall–Kier alpha value is -0.760. The Bertz CT molecular complexity index is 688. The molecule has 234 valence electrons. The van der Waals surface area contributed by atoms with Crippen molar-refractivity contribution < 1.29 is 69.4 Å². The van der Waals surface area contributed by atoms with Gasteiger partial charge in [-0.3, -0.25) is 0 Å². The second kappa shape index (κ2) is 18.7. The van der Waals surface area contributed by atoms with Gasteiger partial charge >= 0.3 is 11.9 Å². The van der Waals surface area contributed by atoms with Crippen LogP contribution in [0.15, 0.2) is 0 Å². The summed E-state index contributed by atoms with van der Waals surface area (Å²) in [6, 6.07) is 0. The number of aliphatic carboxylic acids is 2. The van der Waals surface area contributed by atoms with Crippen LogP contribution in [0.1, 0.15) is 51.4 Å². The van der Waals surface area contributed by atoms with E-state index in [-0.39, 0.29) is 13.2 Å². The second-order valence-electron chi connectivity index (χ2n) is 9.68. The molecule has 0 amide bonds.